The Balaban J connectivity index is 3.68. The van der Waals surface area contributed by atoms with Gasteiger partial charge >= 0.3 is 0 Å². The summed E-state index contributed by atoms with van der Waals surface area (Å²) in [6.07, 6.45) is 26.2. The minimum atomic E-state index is -0.292. The molecule has 2 unspecified atom stereocenters. The van der Waals surface area contributed by atoms with Gasteiger partial charge in [0.15, 0.2) is 0 Å². The molecule has 4 heteroatoms. The Morgan fingerprint density at radius 3 is 1.45 bits per heavy atom. The van der Waals surface area contributed by atoms with Crippen LogP contribution in [0.2, 0.25) is 0 Å². The summed E-state index contributed by atoms with van der Waals surface area (Å²) in [5, 5.41) is 0. The molecule has 0 rings (SSSR count). The topological polar surface area (TPSA) is 52.6 Å². The molecule has 4 nitrogen and oxygen atoms in total. The van der Waals surface area contributed by atoms with E-state index in [0.29, 0.717) is 12.9 Å². The number of hydrogen-bond acceptors (Lipinski definition) is 4. The molecular formula is C27H52O4. The molecule has 0 aromatic heterocycles. The summed E-state index contributed by atoms with van der Waals surface area (Å²) in [6, 6.07) is 0. The van der Waals surface area contributed by atoms with Gasteiger partial charge < -0.3 is 9.47 Å². The Hall–Kier alpha value is -1.06. The smallest absolute Gasteiger partial charge is 0.293 e. The summed E-state index contributed by atoms with van der Waals surface area (Å²) in [5.41, 5.74) is 0. The molecule has 0 aromatic carbocycles. The van der Waals surface area contributed by atoms with Gasteiger partial charge in [-0.15, -0.1) is 0 Å². The first-order valence-corrected chi connectivity index (χ1v) is 13.4. The van der Waals surface area contributed by atoms with Crippen LogP contribution < -0.4 is 0 Å². The summed E-state index contributed by atoms with van der Waals surface area (Å²) < 4.78 is 9.64. The van der Waals surface area contributed by atoms with Crippen molar-refractivity contribution in [1.82, 2.24) is 0 Å². The van der Waals surface area contributed by atoms with Crippen molar-refractivity contribution < 1.29 is 19.1 Å². The molecule has 2 atom stereocenters. The first-order valence-electron chi connectivity index (χ1n) is 13.4. The highest BCUT2D eigenvalue weighted by Crippen LogP contribution is 2.24. The second-order valence-corrected chi connectivity index (χ2v) is 9.25. The van der Waals surface area contributed by atoms with E-state index in [0.717, 1.165) is 25.2 Å². The van der Waals surface area contributed by atoms with Crippen molar-refractivity contribution in [2.24, 2.45) is 5.92 Å². The second-order valence-electron chi connectivity index (χ2n) is 9.25. The Labute approximate surface area is 193 Å². The Morgan fingerprint density at radius 1 is 0.548 bits per heavy atom. The summed E-state index contributed by atoms with van der Waals surface area (Å²) in [4.78, 5) is 20.7. The summed E-state index contributed by atoms with van der Waals surface area (Å²) in [7, 11) is 0. The van der Waals surface area contributed by atoms with Crippen molar-refractivity contribution in [1.29, 1.82) is 0 Å². The average molecular weight is 441 g/mol. The van der Waals surface area contributed by atoms with Gasteiger partial charge in [-0.05, 0) is 18.8 Å². The lowest BCUT2D eigenvalue weighted by molar-refractivity contribution is -0.143. The Morgan fingerprint density at radius 2 is 0.968 bits per heavy atom. The summed E-state index contributed by atoms with van der Waals surface area (Å²) >= 11 is 0. The first-order chi connectivity index (χ1) is 15.3. The standard InChI is InChI=1S/C27H52O4/c1-3-5-7-12-16-20-26(19-15-6-4-2)21-17-13-10-8-9-11-14-18-22-27(31-25-29)23-30-24-28/h24-27H,3-23H2,1-2H3. The van der Waals surface area contributed by atoms with Crippen LogP contribution in [-0.4, -0.2) is 25.7 Å². The number of unbranched alkanes of at least 4 members (excludes halogenated alkanes) is 13. The van der Waals surface area contributed by atoms with Crippen LogP contribution in [0.1, 0.15) is 142 Å². The summed E-state index contributed by atoms with van der Waals surface area (Å²) in [6.45, 7) is 5.61. The first kappa shape index (κ1) is 29.9. The molecular weight excluding hydrogens is 388 g/mol. The van der Waals surface area contributed by atoms with E-state index in [1.165, 1.54) is 109 Å². The van der Waals surface area contributed by atoms with E-state index >= 15 is 0 Å². The molecule has 0 heterocycles. The predicted molar refractivity (Wildman–Crippen MR) is 130 cm³/mol. The fourth-order valence-corrected chi connectivity index (χ4v) is 4.43. The number of rotatable bonds is 26. The molecule has 0 fully saturated rings. The van der Waals surface area contributed by atoms with Crippen LogP contribution in [0.5, 0.6) is 0 Å². The van der Waals surface area contributed by atoms with E-state index in [1.54, 1.807) is 0 Å². The van der Waals surface area contributed by atoms with E-state index in [2.05, 4.69) is 13.8 Å². The van der Waals surface area contributed by atoms with E-state index in [-0.39, 0.29) is 12.7 Å². The molecule has 0 radical (unpaired) electrons. The van der Waals surface area contributed by atoms with Gasteiger partial charge in [0.2, 0.25) is 0 Å². The molecule has 31 heavy (non-hydrogen) atoms. The largest absolute Gasteiger partial charge is 0.464 e. The Kier molecular flexibility index (Phi) is 24.3. The van der Waals surface area contributed by atoms with Crippen LogP contribution in [0.3, 0.4) is 0 Å². The van der Waals surface area contributed by atoms with Crippen LogP contribution in [0.25, 0.3) is 0 Å². The lowest BCUT2D eigenvalue weighted by Crippen LogP contribution is -2.19. The van der Waals surface area contributed by atoms with Gasteiger partial charge in [-0.25, -0.2) is 0 Å². The zero-order valence-corrected chi connectivity index (χ0v) is 20.8. The number of hydrogen-bond donors (Lipinski definition) is 0. The maximum absolute atomic E-state index is 10.5. The third-order valence-electron chi connectivity index (χ3n) is 6.42. The third kappa shape index (κ3) is 21.9. The molecule has 0 aliphatic rings. The maximum Gasteiger partial charge on any atom is 0.293 e. The highest BCUT2D eigenvalue weighted by atomic mass is 16.6. The maximum atomic E-state index is 10.5. The van der Waals surface area contributed by atoms with Crippen LogP contribution in [0.15, 0.2) is 0 Å². The van der Waals surface area contributed by atoms with Gasteiger partial charge in [-0.3, -0.25) is 9.59 Å². The highest BCUT2D eigenvalue weighted by Gasteiger charge is 2.10. The average Bonchev–Trinajstić information content (AvgIpc) is 2.78. The number of ether oxygens (including phenoxy) is 2. The van der Waals surface area contributed by atoms with Gasteiger partial charge in [0.25, 0.3) is 12.9 Å². The predicted octanol–water partition coefficient (Wildman–Crippen LogP) is 8.16. The second kappa shape index (κ2) is 25.2. The molecule has 0 spiro atoms. The molecule has 184 valence electrons. The molecule has 0 aromatic rings. The minimum absolute atomic E-state index is 0.167. The number of carbonyl (C=O) groups is 2. The van der Waals surface area contributed by atoms with Gasteiger partial charge in [0.1, 0.15) is 12.7 Å². The molecule has 0 bridgehead atoms. The number of carbonyl (C=O) groups excluding carboxylic acids is 2. The van der Waals surface area contributed by atoms with Gasteiger partial charge in [0, 0.05) is 0 Å². The SMILES string of the molecule is CCCCCCCC(CCCCC)CCCCCCCCCCC(COC=O)OC=O. The van der Waals surface area contributed by atoms with Crippen molar-refractivity contribution in [2.75, 3.05) is 6.61 Å². The third-order valence-corrected chi connectivity index (χ3v) is 6.42. The van der Waals surface area contributed by atoms with Crippen molar-refractivity contribution in [2.45, 2.75) is 148 Å². The highest BCUT2D eigenvalue weighted by molar-refractivity contribution is 5.38. The zero-order valence-electron chi connectivity index (χ0n) is 20.8. The normalized spacial score (nSPS) is 13.0. The lowest BCUT2D eigenvalue weighted by atomic mass is 9.89. The van der Waals surface area contributed by atoms with E-state index in [1.807, 2.05) is 0 Å². The molecule has 0 N–H and O–H groups in total. The summed E-state index contributed by atoms with van der Waals surface area (Å²) in [5.74, 6) is 0.970. The fraction of sp³-hybridized carbons (Fsp3) is 0.926. The Bertz CT molecular complexity index is 372. The lowest BCUT2D eigenvalue weighted by Gasteiger charge is -2.17. The van der Waals surface area contributed by atoms with Gasteiger partial charge in [0.05, 0.1) is 0 Å². The minimum Gasteiger partial charge on any atom is -0.464 e. The quantitative estimate of drug-likeness (QED) is 0.101. The van der Waals surface area contributed by atoms with E-state index in [9.17, 15) is 9.59 Å². The van der Waals surface area contributed by atoms with Crippen LogP contribution in [0.4, 0.5) is 0 Å². The van der Waals surface area contributed by atoms with Gasteiger partial charge in [-0.2, -0.15) is 0 Å². The van der Waals surface area contributed by atoms with Crippen LogP contribution in [-0.2, 0) is 19.1 Å². The molecule has 0 saturated carbocycles. The molecule has 0 amide bonds. The van der Waals surface area contributed by atoms with Crippen molar-refractivity contribution in [3.8, 4) is 0 Å². The van der Waals surface area contributed by atoms with Crippen molar-refractivity contribution in [3.63, 3.8) is 0 Å². The van der Waals surface area contributed by atoms with Crippen molar-refractivity contribution in [3.05, 3.63) is 0 Å². The monoisotopic (exact) mass is 440 g/mol. The van der Waals surface area contributed by atoms with Crippen molar-refractivity contribution >= 4 is 12.9 Å². The van der Waals surface area contributed by atoms with Gasteiger partial charge in [-0.1, -0.05) is 129 Å². The molecule has 0 aliphatic carbocycles. The van der Waals surface area contributed by atoms with E-state index < -0.39 is 0 Å². The van der Waals surface area contributed by atoms with Crippen LogP contribution >= 0.6 is 0 Å². The molecule has 0 aliphatic heterocycles. The van der Waals surface area contributed by atoms with Crippen LogP contribution in [0, 0.1) is 5.92 Å². The molecule has 0 saturated heterocycles. The van der Waals surface area contributed by atoms with E-state index in [4.69, 9.17) is 9.47 Å². The zero-order chi connectivity index (χ0) is 22.8. The fourth-order valence-electron chi connectivity index (χ4n) is 4.43.